The van der Waals surface area contributed by atoms with E-state index in [9.17, 15) is 4.79 Å². The molecule has 0 aliphatic rings. The number of pyridine rings is 1. The molecule has 0 amide bonds. The number of nitrogens with two attached hydrogens (primary N) is 1. The summed E-state index contributed by atoms with van der Waals surface area (Å²) in [5.41, 5.74) is 7.68. The molecule has 0 aliphatic carbocycles. The number of nitrogens with zero attached hydrogens (tertiary/aromatic N) is 1. The number of hydrogen-bond donors (Lipinski definition) is 2. The lowest BCUT2D eigenvalue weighted by atomic mass is 10.1. The number of rotatable bonds is 4. The fourth-order valence-electron chi connectivity index (χ4n) is 1.59. The molecule has 0 radical (unpaired) electrons. The molecule has 98 valence electrons. The van der Waals surface area contributed by atoms with Crippen molar-refractivity contribution in [2.45, 2.75) is 13.5 Å². The average Bonchev–Trinajstić information content (AvgIpc) is 2.38. The topological polar surface area (TPSA) is 85.4 Å². The van der Waals surface area contributed by atoms with Crippen LogP contribution in [0.1, 0.15) is 21.6 Å². The van der Waals surface area contributed by atoms with Gasteiger partial charge in [0, 0.05) is 5.69 Å². The van der Waals surface area contributed by atoms with Crippen molar-refractivity contribution in [1.29, 1.82) is 0 Å². The second kappa shape index (κ2) is 5.39. The summed E-state index contributed by atoms with van der Waals surface area (Å²) in [5, 5.41) is 8.79. The van der Waals surface area contributed by atoms with Gasteiger partial charge < -0.3 is 15.6 Å². The van der Waals surface area contributed by atoms with Crippen LogP contribution in [0.25, 0.3) is 0 Å². The van der Waals surface area contributed by atoms with Gasteiger partial charge in [-0.3, -0.25) is 0 Å². The van der Waals surface area contributed by atoms with Crippen molar-refractivity contribution < 1.29 is 14.6 Å². The Kier molecular flexibility index (Phi) is 3.66. The van der Waals surface area contributed by atoms with Gasteiger partial charge in [-0.15, -0.1) is 0 Å². The van der Waals surface area contributed by atoms with Gasteiger partial charge in [0.05, 0.1) is 5.56 Å². The van der Waals surface area contributed by atoms with Crippen LogP contribution in [-0.4, -0.2) is 16.1 Å². The van der Waals surface area contributed by atoms with Crippen LogP contribution < -0.4 is 10.5 Å². The van der Waals surface area contributed by atoms with Gasteiger partial charge in [0.15, 0.2) is 11.6 Å². The van der Waals surface area contributed by atoms with Gasteiger partial charge >= 0.3 is 5.97 Å². The first-order valence-corrected chi connectivity index (χ1v) is 5.74. The number of nitrogen functional groups attached to an aromatic ring is 1. The minimum atomic E-state index is -0.945. The zero-order chi connectivity index (χ0) is 13.8. The highest BCUT2D eigenvalue weighted by molar-refractivity contribution is 5.87. The SMILES string of the molecule is Cc1ccc(OCc2ccc(C(=O)O)cc2)c(N)n1. The molecule has 5 nitrogen and oxygen atoms in total. The minimum Gasteiger partial charge on any atom is -0.485 e. The van der Waals surface area contributed by atoms with Crippen LogP contribution in [0.3, 0.4) is 0 Å². The van der Waals surface area contributed by atoms with Crippen LogP contribution in [0.4, 0.5) is 5.82 Å². The Morgan fingerprint density at radius 1 is 1.26 bits per heavy atom. The van der Waals surface area contributed by atoms with Crippen molar-refractivity contribution in [3.05, 3.63) is 53.2 Å². The molecule has 2 aromatic rings. The lowest BCUT2D eigenvalue weighted by molar-refractivity contribution is 0.0697. The number of ether oxygens (including phenoxy) is 1. The Hall–Kier alpha value is -2.56. The average molecular weight is 258 g/mol. The van der Waals surface area contributed by atoms with Crippen LogP contribution in [-0.2, 0) is 6.61 Å². The van der Waals surface area contributed by atoms with E-state index >= 15 is 0 Å². The lowest BCUT2D eigenvalue weighted by Crippen LogP contribution is -2.02. The van der Waals surface area contributed by atoms with E-state index in [2.05, 4.69) is 4.98 Å². The summed E-state index contributed by atoms with van der Waals surface area (Å²) in [6.45, 7) is 2.17. The van der Waals surface area contributed by atoms with Crippen molar-refractivity contribution >= 4 is 11.8 Å². The van der Waals surface area contributed by atoms with Gasteiger partial charge in [-0.1, -0.05) is 12.1 Å². The zero-order valence-corrected chi connectivity index (χ0v) is 10.5. The number of carboxylic acids is 1. The molecule has 0 fully saturated rings. The molecule has 0 spiro atoms. The highest BCUT2D eigenvalue weighted by atomic mass is 16.5. The van der Waals surface area contributed by atoms with E-state index in [0.29, 0.717) is 18.2 Å². The summed E-state index contributed by atoms with van der Waals surface area (Å²) in [4.78, 5) is 14.8. The molecule has 0 atom stereocenters. The number of anilines is 1. The van der Waals surface area contributed by atoms with Gasteiger partial charge in [0.1, 0.15) is 6.61 Å². The van der Waals surface area contributed by atoms with Gasteiger partial charge in [0.2, 0.25) is 0 Å². The van der Waals surface area contributed by atoms with Crippen molar-refractivity contribution in [3.8, 4) is 5.75 Å². The van der Waals surface area contributed by atoms with Gasteiger partial charge in [-0.05, 0) is 36.8 Å². The van der Waals surface area contributed by atoms with E-state index in [1.807, 2.05) is 13.0 Å². The zero-order valence-electron chi connectivity index (χ0n) is 10.5. The molecular weight excluding hydrogens is 244 g/mol. The fourth-order valence-corrected chi connectivity index (χ4v) is 1.59. The number of carbonyl (C=O) groups is 1. The van der Waals surface area contributed by atoms with Crippen molar-refractivity contribution in [2.24, 2.45) is 0 Å². The maximum absolute atomic E-state index is 10.7. The number of benzene rings is 1. The predicted molar refractivity (Wildman–Crippen MR) is 71.1 cm³/mol. The van der Waals surface area contributed by atoms with Crippen LogP contribution in [0.5, 0.6) is 5.75 Å². The number of hydrogen-bond acceptors (Lipinski definition) is 4. The van der Waals surface area contributed by atoms with Gasteiger partial charge in [0.25, 0.3) is 0 Å². The molecule has 1 heterocycles. The molecule has 0 unspecified atom stereocenters. The fraction of sp³-hybridized carbons (Fsp3) is 0.143. The molecule has 5 heteroatoms. The van der Waals surface area contributed by atoms with Gasteiger partial charge in [-0.25, -0.2) is 9.78 Å². The summed E-state index contributed by atoms with van der Waals surface area (Å²) in [6.07, 6.45) is 0. The summed E-state index contributed by atoms with van der Waals surface area (Å²) in [5.74, 6) is -0.0745. The third kappa shape index (κ3) is 3.22. The molecule has 0 saturated heterocycles. The first kappa shape index (κ1) is 12.9. The minimum absolute atomic E-state index is 0.250. The summed E-state index contributed by atoms with van der Waals surface area (Å²) in [7, 11) is 0. The van der Waals surface area contributed by atoms with E-state index in [0.717, 1.165) is 11.3 Å². The second-order valence-corrected chi connectivity index (χ2v) is 4.13. The third-order valence-electron chi connectivity index (χ3n) is 2.62. The summed E-state index contributed by atoms with van der Waals surface area (Å²) < 4.78 is 5.54. The molecule has 0 bridgehead atoms. The van der Waals surface area contributed by atoms with E-state index in [4.69, 9.17) is 15.6 Å². The van der Waals surface area contributed by atoms with Gasteiger partial charge in [-0.2, -0.15) is 0 Å². The Labute approximate surface area is 110 Å². The molecule has 1 aromatic carbocycles. The Morgan fingerprint density at radius 2 is 1.95 bits per heavy atom. The normalized spacial score (nSPS) is 10.2. The lowest BCUT2D eigenvalue weighted by Gasteiger charge is -2.08. The van der Waals surface area contributed by atoms with E-state index in [1.54, 1.807) is 18.2 Å². The number of aromatic carboxylic acids is 1. The predicted octanol–water partition coefficient (Wildman–Crippen LogP) is 2.25. The maximum Gasteiger partial charge on any atom is 0.335 e. The van der Waals surface area contributed by atoms with E-state index in [-0.39, 0.29) is 5.56 Å². The summed E-state index contributed by atoms with van der Waals surface area (Å²) in [6, 6.07) is 10.1. The molecule has 0 saturated carbocycles. The van der Waals surface area contributed by atoms with Crippen LogP contribution >= 0.6 is 0 Å². The van der Waals surface area contributed by atoms with Crippen molar-refractivity contribution in [1.82, 2.24) is 4.98 Å². The summed E-state index contributed by atoms with van der Waals surface area (Å²) >= 11 is 0. The van der Waals surface area contributed by atoms with Crippen molar-refractivity contribution in [2.75, 3.05) is 5.73 Å². The Morgan fingerprint density at radius 3 is 2.53 bits per heavy atom. The quantitative estimate of drug-likeness (QED) is 0.878. The molecule has 1 aromatic heterocycles. The van der Waals surface area contributed by atoms with Crippen LogP contribution in [0.2, 0.25) is 0 Å². The standard InChI is InChI=1S/C14H14N2O3/c1-9-2-7-12(13(15)16-9)19-8-10-3-5-11(6-4-10)14(17)18/h2-7H,8H2,1H3,(H2,15,16)(H,17,18). The third-order valence-corrected chi connectivity index (χ3v) is 2.62. The number of aromatic nitrogens is 1. The van der Waals surface area contributed by atoms with Crippen molar-refractivity contribution in [3.63, 3.8) is 0 Å². The van der Waals surface area contributed by atoms with Crippen LogP contribution in [0.15, 0.2) is 36.4 Å². The highest BCUT2D eigenvalue weighted by Crippen LogP contribution is 2.20. The molecule has 0 aliphatic heterocycles. The Bertz CT molecular complexity index is 594. The smallest absolute Gasteiger partial charge is 0.335 e. The maximum atomic E-state index is 10.7. The van der Waals surface area contributed by atoms with Crippen LogP contribution in [0, 0.1) is 6.92 Å². The number of aryl methyl sites for hydroxylation is 1. The largest absolute Gasteiger partial charge is 0.485 e. The van der Waals surface area contributed by atoms with E-state index < -0.39 is 5.97 Å². The number of carboxylic acid groups (broad SMARTS) is 1. The highest BCUT2D eigenvalue weighted by Gasteiger charge is 2.04. The molecular formula is C14H14N2O3. The second-order valence-electron chi connectivity index (χ2n) is 4.13. The monoisotopic (exact) mass is 258 g/mol. The Balaban J connectivity index is 2.04. The molecule has 3 N–H and O–H groups in total. The first-order valence-electron chi connectivity index (χ1n) is 5.74. The first-order chi connectivity index (χ1) is 9.06. The molecule has 19 heavy (non-hydrogen) atoms. The molecule has 2 rings (SSSR count). The van der Waals surface area contributed by atoms with E-state index in [1.165, 1.54) is 12.1 Å².